The molecule has 1 unspecified atom stereocenters. The molecule has 4 heteroatoms. The van der Waals surface area contributed by atoms with E-state index in [-0.39, 0.29) is 0 Å². The van der Waals surface area contributed by atoms with E-state index in [0.29, 0.717) is 6.04 Å². The van der Waals surface area contributed by atoms with Crippen molar-refractivity contribution < 1.29 is 0 Å². The van der Waals surface area contributed by atoms with Crippen LogP contribution in [-0.4, -0.2) is 22.2 Å². The standard InChI is InChI=1S/C10H18N4/c1-11-9(10-12-7-13-14-10)8-5-3-2-4-6-8/h7-9,11H,2-6H2,1H3,(H,12,13,14). The van der Waals surface area contributed by atoms with Gasteiger partial charge in [0.2, 0.25) is 0 Å². The van der Waals surface area contributed by atoms with Crippen molar-refractivity contribution in [1.82, 2.24) is 20.5 Å². The zero-order valence-electron chi connectivity index (χ0n) is 8.66. The molecule has 0 amide bonds. The van der Waals surface area contributed by atoms with E-state index in [0.717, 1.165) is 11.7 Å². The number of aromatic nitrogens is 3. The Morgan fingerprint density at radius 2 is 2.21 bits per heavy atom. The average Bonchev–Trinajstić information content (AvgIpc) is 2.74. The Hall–Kier alpha value is -0.900. The molecule has 1 aromatic heterocycles. The monoisotopic (exact) mass is 194 g/mol. The van der Waals surface area contributed by atoms with Crippen LogP contribution in [0.1, 0.15) is 44.0 Å². The van der Waals surface area contributed by atoms with Gasteiger partial charge in [0.05, 0.1) is 6.04 Å². The molecule has 2 rings (SSSR count). The summed E-state index contributed by atoms with van der Waals surface area (Å²) in [6.07, 6.45) is 8.32. The first kappa shape index (κ1) is 9.65. The Morgan fingerprint density at radius 1 is 1.43 bits per heavy atom. The van der Waals surface area contributed by atoms with Gasteiger partial charge in [0.1, 0.15) is 12.2 Å². The highest BCUT2D eigenvalue weighted by Crippen LogP contribution is 2.32. The van der Waals surface area contributed by atoms with Gasteiger partial charge in [0.15, 0.2) is 0 Å². The fraction of sp³-hybridized carbons (Fsp3) is 0.800. The Kier molecular flexibility index (Phi) is 3.14. The molecular formula is C10H18N4. The van der Waals surface area contributed by atoms with Crippen LogP contribution in [0.2, 0.25) is 0 Å². The van der Waals surface area contributed by atoms with E-state index in [1.54, 1.807) is 6.33 Å². The molecule has 1 atom stereocenters. The number of rotatable bonds is 3. The minimum Gasteiger partial charge on any atom is -0.310 e. The van der Waals surface area contributed by atoms with Crippen LogP contribution in [0.3, 0.4) is 0 Å². The smallest absolute Gasteiger partial charge is 0.141 e. The number of hydrogen-bond donors (Lipinski definition) is 2. The molecule has 0 aromatic carbocycles. The highest BCUT2D eigenvalue weighted by atomic mass is 15.2. The zero-order valence-corrected chi connectivity index (χ0v) is 8.66. The number of hydrogen-bond acceptors (Lipinski definition) is 3. The van der Waals surface area contributed by atoms with E-state index in [1.807, 2.05) is 7.05 Å². The number of nitrogens with one attached hydrogen (secondary N) is 2. The SMILES string of the molecule is CNC(c1ncn[nH]1)C1CCCCC1. The van der Waals surface area contributed by atoms with Crippen molar-refractivity contribution in [3.63, 3.8) is 0 Å². The molecule has 1 fully saturated rings. The first-order valence-electron chi connectivity index (χ1n) is 5.44. The largest absolute Gasteiger partial charge is 0.310 e. The molecule has 1 saturated carbocycles. The second kappa shape index (κ2) is 4.55. The van der Waals surface area contributed by atoms with Crippen molar-refractivity contribution in [2.24, 2.45) is 5.92 Å². The van der Waals surface area contributed by atoms with Gasteiger partial charge in [-0.2, -0.15) is 5.10 Å². The summed E-state index contributed by atoms with van der Waals surface area (Å²) in [5, 5.41) is 10.2. The maximum Gasteiger partial charge on any atom is 0.141 e. The Bertz CT molecular complexity index is 251. The third kappa shape index (κ3) is 1.95. The summed E-state index contributed by atoms with van der Waals surface area (Å²) in [5.74, 6) is 1.71. The fourth-order valence-corrected chi connectivity index (χ4v) is 2.43. The second-order valence-electron chi connectivity index (χ2n) is 4.04. The minimum absolute atomic E-state index is 0.359. The Balaban J connectivity index is 2.04. The van der Waals surface area contributed by atoms with Crippen molar-refractivity contribution in [1.29, 1.82) is 0 Å². The van der Waals surface area contributed by atoms with Gasteiger partial charge < -0.3 is 5.32 Å². The van der Waals surface area contributed by atoms with E-state index in [1.165, 1.54) is 32.1 Å². The molecule has 2 N–H and O–H groups in total. The molecule has 0 aliphatic heterocycles. The molecule has 1 aliphatic rings. The van der Waals surface area contributed by atoms with Gasteiger partial charge in [-0.25, -0.2) is 4.98 Å². The van der Waals surface area contributed by atoms with Crippen LogP contribution < -0.4 is 5.32 Å². The summed E-state index contributed by atoms with van der Waals surface area (Å²) in [5.41, 5.74) is 0. The van der Waals surface area contributed by atoms with Crippen LogP contribution in [0.25, 0.3) is 0 Å². The lowest BCUT2D eigenvalue weighted by Gasteiger charge is -2.28. The van der Waals surface area contributed by atoms with Crippen LogP contribution in [0.4, 0.5) is 0 Å². The number of nitrogens with zero attached hydrogens (tertiary/aromatic N) is 2. The summed E-state index contributed by atoms with van der Waals surface area (Å²) < 4.78 is 0. The summed E-state index contributed by atoms with van der Waals surface area (Å²) in [7, 11) is 2.00. The van der Waals surface area contributed by atoms with E-state index < -0.39 is 0 Å². The third-order valence-corrected chi connectivity index (χ3v) is 3.16. The Labute approximate surface area is 84.5 Å². The predicted octanol–water partition coefficient (Wildman–Crippen LogP) is 1.65. The van der Waals surface area contributed by atoms with Crippen molar-refractivity contribution in [2.75, 3.05) is 7.05 Å². The van der Waals surface area contributed by atoms with Crippen LogP contribution in [0.5, 0.6) is 0 Å². The topological polar surface area (TPSA) is 53.6 Å². The van der Waals surface area contributed by atoms with Gasteiger partial charge in [-0.1, -0.05) is 19.3 Å². The van der Waals surface area contributed by atoms with Gasteiger partial charge in [0, 0.05) is 0 Å². The van der Waals surface area contributed by atoms with Crippen LogP contribution >= 0.6 is 0 Å². The van der Waals surface area contributed by atoms with Crippen LogP contribution in [0, 0.1) is 5.92 Å². The summed E-state index contributed by atoms with van der Waals surface area (Å²) in [6, 6.07) is 0.359. The molecule has 4 nitrogen and oxygen atoms in total. The molecule has 0 radical (unpaired) electrons. The van der Waals surface area contributed by atoms with Gasteiger partial charge in [-0.3, -0.25) is 5.10 Å². The quantitative estimate of drug-likeness (QED) is 0.769. The van der Waals surface area contributed by atoms with Crippen molar-refractivity contribution in [3.8, 4) is 0 Å². The first-order valence-corrected chi connectivity index (χ1v) is 5.44. The van der Waals surface area contributed by atoms with Crippen molar-refractivity contribution >= 4 is 0 Å². The zero-order chi connectivity index (χ0) is 9.80. The van der Waals surface area contributed by atoms with Gasteiger partial charge in [0.25, 0.3) is 0 Å². The lowest BCUT2D eigenvalue weighted by atomic mass is 9.83. The van der Waals surface area contributed by atoms with E-state index in [9.17, 15) is 0 Å². The van der Waals surface area contributed by atoms with Gasteiger partial charge >= 0.3 is 0 Å². The molecule has 1 aromatic rings. The Morgan fingerprint density at radius 3 is 2.79 bits per heavy atom. The fourth-order valence-electron chi connectivity index (χ4n) is 2.43. The molecular weight excluding hydrogens is 176 g/mol. The average molecular weight is 194 g/mol. The maximum absolute atomic E-state index is 4.23. The normalized spacial score (nSPS) is 20.9. The second-order valence-corrected chi connectivity index (χ2v) is 4.04. The first-order chi connectivity index (χ1) is 6.92. The number of H-pyrrole nitrogens is 1. The van der Waals surface area contributed by atoms with E-state index >= 15 is 0 Å². The lowest BCUT2D eigenvalue weighted by molar-refractivity contribution is 0.274. The molecule has 78 valence electrons. The highest BCUT2D eigenvalue weighted by Gasteiger charge is 2.25. The molecule has 0 saturated heterocycles. The van der Waals surface area contributed by atoms with E-state index in [4.69, 9.17) is 0 Å². The van der Waals surface area contributed by atoms with E-state index in [2.05, 4.69) is 20.5 Å². The van der Waals surface area contributed by atoms with Gasteiger partial charge in [-0.15, -0.1) is 0 Å². The molecule has 1 heterocycles. The molecule has 1 aliphatic carbocycles. The highest BCUT2D eigenvalue weighted by molar-refractivity contribution is 4.95. The summed E-state index contributed by atoms with van der Waals surface area (Å²) in [6.45, 7) is 0. The summed E-state index contributed by atoms with van der Waals surface area (Å²) >= 11 is 0. The number of aromatic amines is 1. The summed E-state index contributed by atoms with van der Waals surface area (Å²) in [4.78, 5) is 4.23. The molecule has 0 bridgehead atoms. The van der Waals surface area contributed by atoms with Crippen LogP contribution in [-0.2, 0) is 0 Å². The molecule has 14 heavy (non-hydrogen) atoms. The maximum atomic E-state index is 4.23. The van der Waals surface area contributed by atoms with Gasteiger partial charge in [-0.05, 0) is 25.8 Å². The minimum atomic E-state index is 0.359. The van der Waals surface area contributed by atoms with Crippen molar-refractivity contribution in [3.05, 3.63) is 12.2 Å². The van der Waals surface area contributed by atoms with Crippen molar-refractivity contribution in [2.45, 2.75) is 38.1 Å². The predicted molar refractivity (Wildman–Crippen MR) is 54.8 cm³/mol. The van der Waals surface area contributed by atoms with Crippen LogP contribution in [0.15, 0.2) is 6.33 Å². The third-order valence-electron chi connectivity index (χ3n) is 3.16. The lowest BCUT2D eigenvalue weighted by Crippen LogP contribution is -2.27. The molecule has 0 spiro atoms.